The second-order valence-corrected chi connectivity index (χ2v) is 2.42. The van der Waals surface area contributed by atoms with Gasteiger partial charge in [0, 0.05) is 5.25 Å². The highest BCUT2D eigenvalue weighted by atomic mass is 32.1. The zero-order valence-corrected chi connectivity index (χ0v) is 5.43. The molecule has 3 nitrogen and oxygen atoms in total. The van der Waals surface area contributed by atoms with E-state index in [9.17, 15) is 4.79 Å². The van der Waals surface area contributed by atoms with Crippen LogP contribution in [0.5, 0.6) is 0 Å². The molecule has 0 fully saturated rings. The van der Waals surface area contributed by atoms with Gasteiger partial charge in [0.15, 0.2) is 0 Å². The van der Waals surface area contributed by atoms with E-state index in [2.05, 4.69) is 12.6 Å². The van der Waals surface area contributed by atoms with Gasteiger partial charge in [-0.2, -0.15) is 12.6 Å². The van der Waals surface area contributed by atoms with Crippen LogP contribution in [-0.4, -0.2) is 22.4 Å². The summed E-state index contributed by atoms with van der Waals surface area (Å²) in [4.78, 5) is 9.97. The molecule has 3 N–H and O–H groups in total. The second-order valence-electron chi connectivity index (χ2n) is 1.60. The lowest BCUT2D eigenvalue weighted by molar-refractivity contribution is -0.138. The maximum absolute atomic E-state index is 9.97. The van der Waals surface area contributed by atoms with E-state index in [-0.39, 0.29) is 5.25 Å². The van der Waals surface area contributed by atoms with Crippen molar-refractivity contribution in [2.75, 3.05) is 0 Å². The highest BCUT2D eigenvalue weighted by Crippen LogP contribution is 1.96. The first kappa shape index (κ1) is 7.78. The van der Waals surface area contributed by atoms with Gasteiger partial charge in [-0.05, 0) is 0 Å². The smallest absolute Gasteiger partial charge is 0.321 e. The highest BCUT2D eigenvalue weighted by molar-refractivity contribution is 7.81. The SMILES string of the molecule is C[C@H](S)C(N)C(=O)O. The predicted octanol–water partition coefficient (Wildman–Crippen LogP) is -0.283. The molecule has 0 bridgehead atoms. The molecule has 0 amide bonds. The molecule has 0 aromatic heterocycles. The van der Waals surface area contributed by atoms with Crippen LogP contribution < -0.4 is 5.73 Å². The molecule has 0 aromatic rings. The molecule has 0 saturated carbocycles. The van der Waals surface area contributed by atoms with Crippen LogP contribution in [0.15, 0.2) is 0 Å². The molecule has 8 heavy (non-hydrogen) atoms. The fraction of sp³-hybridized carbons (Fsp3) is 0.750. The Morgan fingerprint density at radius 1 is 1.88 bits per heavy atom. The minimum absolute atomic E-state index is 0.285. The minimum atomic E-state index is -1.01. The number of hydrogen-bond donors (Lipinski definition) is 3. The summed E-state index contributed by atoms with van der Waals surface area (Å²) in [5, 5.41) is 7.89. The number of aliphatic carboxylic acids is 1. The molecule has 2 atom stereocenters. The van der Waals surface area contributed by atoms with E-state index in [1.54, 1.807) is 6.92 Å². The van der Waals surface area contributed by atoms with Gasteiger partial charge in [-0.15, -0.1) is 0 Å². The van der Waals surface area contributed by atoms with Gasteiger partial charge in [-0.25, -0.2) is 0 Å². The average molecular weight is 135 g/mol. The summed E-state index contributed by atoms with van der Waals surface area (Å²) in [6.45, 7) is 1.64. The molecule has 0 aliphatic carbocycles. The van der Waals surface area contributed by atoms with E-state index in [0.717, 1.165) is 0 Å². The summed E-state index contributed by atoms with van der Waals surface area (Å²) in [6.07, 6.45) is 0. The zero-order chi connectivity index (χ0) is 6.73. The fourth-order valence-corrected chi connectivity index (χ4v) is 0.334. The number of carboxylic acid groups (broad SMARTS) is 1. The lowest BCUT2D eigenvalue weighted by atomic mass is 10.2. The van der Waals surface area contributed by atoms with Gasteiger partial charge in [0.25, 0.3) is 0 Å². The van der Waals surface area contributed by atoms with Gasteiger partial charge in [0.1, 0.15) is 6.04 Å². The molecule has 0 radical (unpaired) electrons. The van der Waals surface area contributed by atoms with Crippen LogP contribution >= 0.6 is 12.6 Å². The minimum Gasteiger partial charge on any atom is -0.480 e. The summed E-state index contributed by atoms with van der Waals surface area (Å²) in [5.74, 6) is -1.01. The van der Waals surface area contributed by atoms with Crippen LogP contribution in [0.1, 0.15) is 6.92 Å². The van der Waals surface area contributed by atoms with Crippen molar-refractivity contribution < 1.29 is 9.90 Å². The van der Waals surface area contributed by atoms with Gasteiger partial charge in [-0.3, -0.25) is 4.79 Å². The Morgan fingerprint density at radius 2 is 2.25 bits per heavy atom. The first-order valence-electron chi connectivity index (χ1n) is 2.22. The molecule has 0 saturated heterocycles. The molecule has 4 heteroatoms. The number of carboxylic acids is 1. The number of nitrogens with two attached hydrogens (primary N) is 1. The second kappa shape index (κ2) is 2.94. The molecule has 0 rings (SSSR count). The molecule has 0 aromatic carbocycles. The highest BCUT2D eigenvalue weighted by Gasteiger charge is 2.15. The number of rotatable bonds is 2. The molecule has 0 heterocycles. The van der Waals surface area contributed by atoms with E-state index in [0.29, 0.717) is 0 Å². The average Bonchev–Trinajstić information content (AvgIpc) is 1.64. The number of thiol groups is 1. The lowest BCUT2D eigenvalue weighted by Crippen LogP contribution is -2.37. The number of carbonyl (C=O) groups is 1. The first-order chi connectivity index (χ1) is 3.55. The Hall–Kier alpha value is -0.220. The molecule has 1 unspecified atom stereocenters. The van der Waals surface area contributed by atoms with Gasteiger partial charge in [0.05, 0.1) is 0 Å². The van der Waals surface area contributed by atoms with E-state index in [1.165, 1.54) is 0 Å². The quantitative estimate of drug-likeness (QED) is 0.456. The van der Waals surface area contributed by atoms with Crippen molar-refractivity contribution in [1.82, 2.24) is 0 Å². The predicted molar refractivity (Wildman–Crippen MR) is 34.1 cm³/mol. The molecule has 0 spiro atoms. The molecule has 0 aliphatic heterocycles. The van der Waals surface area contributed by atoms with Crippen LogP contribution in [0.25, 0.3) is 0 Å². The Labute approximate surface area is 53.3 Å². The van der Waals surface area contributed by atoms with E-state index in [1.807, 2.05) is 0 Å². The Kier molecular flexibility index (Phi) is 2.86. The fourth-order valence-electron chi connectivity index (χ4n) is 0.206. The van der Waals surface area contributed by atoms with Crippen molar-refractivity contribution in [2.24, 2.45) is 5.73 Å². The van der Waals surface area contributed by atoms with Crippen molar-refractivity contribution in [3.8, 4) is 0 Å². The molecular weight excluding hydrogens is 126 g/mol. The van der Waals surface area contributed by atoms with E-state index < -0.39 is 12.0 Å². The van der Waals surface area contributed by atoms with Crippen LogP contribution in [-0.2, 0) is 4.79 Å². The lowest BCUT2D eigenvalue weighted by Gasteiger charge is -2.07. The third-order valence-electron chi connectivity index (χ3n) is 0.805. The Balaban J connectivity index is 3.64. The molecule has 0 aliphatic rings. The third-order valence-corrected chi connectivity index (χ3v) is 1.13. The first-order valence-corrected chi connectivity index (χ1v) is 2.74. The summed E-state index contributed by atoms with van der Waals surface area (Å²) in [6, 6.07) is -0.849. The molecular formula is C4H9NO2S. The monoisotopic (exact) mass is 135 g/mol. The van der Waals surface area contributed by atoms with Crippen molar-refractivity contribution in [1.29, 1.82) is 0 Å². The zero-order valence-electron chi connectivity index (χ0n) is 4.53. The molecule has 48 valence electrons. The normalized spacial score (nSPS) is 17.4. The van der Waals surface area contributed by atoms with Crippen LogP contribution in [0.4, 0.5) is 0 Å². The van der Waals surface area contributed by atoms with E-state index >= 15 is 0 Å². The third kappa shape index (κ3) is 2.18. The summed E-state index contributed by atoms with van der Waals surface area (Å²) < 4.78 is 0. The maximum atomic E-state index is 9.97. The maximum Gasteiger partial charge on any atom is 0.321 e. The summed E-state index contributed by atoms with van der Waals surface area (Å²) >= 11 is 3.83. The standard InChI is InChI=1S/C4H9NO2S/c1-2(8)3(5)4(6)7/h2-3,8H,5H2,1H3,(H,6,7)/t2-,3?/m0/s1. The topological polar surface area (TPSA) is 63.3 Å². The van der Waals surface area contributed by atoms with Crippen molar-refractivity contribution in [3.05, 3.63) is 0 Å². The van der Waals surface area contributed by atoms with Crippen LogP contribution in [0.3, 0.4) is 0 Å². The summed E-state index contributed by atoms with van der Waals surface area (Å²) in [7, 11) is 0. The van der Waals surface area contributed by atoms with Crippen molar-refractivity contribution in [3.63, 3.8) is 0 Å². The van der Waals surface area contributed by atoms with Gasteiger partial charge in [-0.1, -0.05) is 6.92 Å². The van der Waals surface area contributed by atoms with Gasteiger partial charge in [0.2, 0.25) is 0 Å². The largest absolute Gasteiger partial charge is 0.480 e. The van der Waals surface area contributed by atoms with E-state index in [4.69, 9.17) is 10.8 Å². The van der Waals surface area contributed by atoms with Crippen LogP contribution in [0.2, 0.25) is 0 Å². The van der Waals surface area contributed by atoms with Crippen molar-refractivity contribution in [2.45, 2.75) is 18.2 Å². The Bertz CT molecular complexity index is 94.0. The Morgan fingerprint density at radius 3 is 2.25 bits per heavy atom. The van der Waals surface area contributed by atoms with Crippen molar-refractivity contribution >= 4 is 18.6 Å². The summed E-state index contributed by atoms with van der Waals surface area (Å²) in [5.41, 5.74) is 5.08. The number of hydrogen-bond acceptors (Lipinski definition) is 3. The van der Waals surface area contributed by atoms with Crippen LogP contribution in [0, 0.1) is 0 Å². The van der Waals surface area contributed by atoms with Gasteiger partial charge < -0.3 is 10.8 Å². The van der Waals surface area contributed by atoms with Gasteiger partial charge >= 0.3 is 5.97 Å².